The highest BCUT2D eigenvalue weighted by Crippen LogP contribution is 2.39. The van der Waals surface area contributed by atoms with Gasteiger partial charge in [0.1, 0.15) is 0 Å². The van der Waals surface area contributed by atoms with Gasteiger partial charge in [-0.05, 0) is 25.1 Å². The number of rotatable bonds is 3. The number of nitrogens with zero attached hydrogens (tertiary/aromatic N) is 2. The Morgan fingerprint density at radius 3 is 2.35 bits per heavy atom. The van der Waals surface area contributed by atoms with Crippen LogP contribution >= 0.6 is 11.6 Å². The van der Waals surface area contributed by atoms with Gasteiger partial charge >= 0.3 is 6.18 Å². The second kappa shape index (κ2) is 6.22. The first-order chi connectivity index (χ1) is 9.43. The molecule has 6 heteroatoms. The number of benzene rings is 1. The van der Waals surface area contributed by atoms with Crippen LogP contribution in [0.3, 0.4) is 0 Å². The normalized spacial score (nSPS) is 17.6. The van der Waals surface area contributed by atoms with Crippen LogP contribution < -0.4 is 4.90 Å². The standard InChI is InChI=1S/C14H18ClF3N2/c1-2-6-19-7-9-20(10-8-19)12-5-3-4-11(13(12)15)14(16,17)18/h3-5H,2,6-10H2,1H3. The summed E-state index contributed by atoms with van der Waals surface area (Å²) in [5.74, 6) is 0. The third-order valence-electron chi connectivity index (χ3n) is 3.54. The molecule has 1 fully saturated rings. The summed E-state index contributed by atoms with van der Waals surface area (Å²) < 4.78 is 38.5. The summed E-state index contributed by atoms with van der Waals surface area (Å²) in [6, 6.07) is 4.11. The molecule has 0 bridgehead atoms. The quantitative estimate of drug-likeness (QED) is 0.836. The van der Waals surface area contributed by atoms with E-state index in [1.165, 1.54) is 6.07 Å². The molecule has 0 radical (unpaired) electrons. The second-order valence-electron chi connectivity index (χ2n) is 4.97. The summed E-state index contributed by atoms with van der Waals surface area (Å²) in [6.45, 7) is 6.29. The molecule has 0 amide bonds. The lowest BCUT2D eigenvalue weighted by molar-refractivity contribution is -0.137. The lowest BCUT2D eigenvalue weighted by Gasteiger charge is -2.36. The minimum atomic E-state index is -4.41. The minimum absolute atomic E-state index is 0.191. The van der Waals surface area contributed by atoms with E-state index in [4.69, 9.17) is 11.6 Å². The number of anilines is 1. The van der Waals surface area contributed by atoms with E-state index in [0.29, 0.717) is 18.8 Å². The molecule has 1 aliphatic heterocycles. The second-order valence-corrected chi connectivity index (χ2v) is 5.34. The monoisotopic (exact) mass is 306 g/mol. The van der Waals surface area contributed by atoms with Crippen molar-refractivity contribution in [3.05, 3.63) is 28.8 Å². The Balaban J connectivity index is 2.15. The molecule has 0 saturated carbocycles. The highest BCUT2D eigenvalue weighted by Gasteiger charge is 2.34. The lowest BCUT2D eigenvalue weighted by atomic mass is 10.1. The first-order valence-electron chi connectivity index (χ1n) is 6.76. The molecule has 1 aromatic rings. The van der Waals surface area contributed by atoms with Gasteiger partial charge in [0.25, 0.3) is 0 Å². The fourth-order valence-electron chi connectivity index (χ4n) is 2.51. The Morgan fingerprint density at radius 1 is 1.15 bits per heavy atom. The van der Waals surface area contributed by atoms with Crippen molar-refractivity contribution in [2.75, 3.05) is 37.6 Å². The smallest absolute Gasteiger partial charge is 0.368 e. The van der Waals surface area contributed by atoms with Crippen molar-refractivity contribution in [2.24, 2.45) is 0 Å². The Hall–Kier alpha value is -0.940. The Labute approximate surface area is 122 Å². The van der Waals surface area contributed by atoms with Crippen molar-refractivity contribution in [1.82, 2.24) is 4.90 Å². The maximum atomic E-state index is 12.8. The van der Waals surface area contributed by atoms with Gasteiger partial charge in [0.15, 0.2) is 0 Å². The van der Waals surface area contributed by atoms with E-state index in [0.717, 1.165) is 32.1 Å². The van der Waals surface area contributed by atoms with Gasteiger partial charge in [0, 0.05) is 26.2 Å². The van der Waals surface area contributed by atoms with Crippen LogP contribution in [0.5, 0.6) is 0 Å². The van der Waals surface area contributed by atoms with Crippen molar-refractivity contribution in [3.63, 3.8) is 0 Å². The zero-order valence-corrected chi connectivity index (χ0v) is 12.1. The zero-order valence-electron chi connectivity index (χ0n) is 11.4. The van der Waals surface area contributed by atoms with E-state index in [1.807, 2.05) is 4.90 Å². The molecule has 112 valence electrons. The number of halogens is 4. The van der Waals surface area contributed by atoms with E-state index in [2.05, 4.69) is 11.8 Å². The van der Waals surface area contributed by atoms with Crippen LogP contribution in [-0.2, 0) is 6.18 Å². The van der Waals surface area contributed by atoms with Crippen LogP contribution in [0, 0.1) is 0 Å². The Kier molecular flexibility index (Phi) is 4.81. The molecule has 20 heavy (non-hydrogen) atoms. The maximum Gasteiger partial charge on any atom is 0.417 e. The number of piperazine rings is 1. The molecule has 0 atom stereocenters. The topological polar surface area (TPSA) is 6.48 Å². The largest absolute Gasteiger partial charge is 0.417 e. The van der Waals surface area contributed by atoms with Gasteiger partial charge in [-0.15, -0.1) is 0 Å². The number of alkyl halides is 3. The molecule has 2 rings (SSSR count). The van der Waals surface area contributed by atoms with E-state index in [-0.39, 0.29) is 5.02 Å². The van der Waals surface area contributed by atoms with Crippen LogP contribution in [0.1, 0.15) is 18.9 Å². The summed E-state index contributed by atoms with van der Waals surface area (Å²) in [7, 11) is 0. The van der Waals surface area contributed by atoms with Crippen molar-refractivity contribution in [2.45, 2.75) is 19.5 Å². The van der Waals surface area contributed by atoms with Gasteiger partial charge in [-0.25, -0.2) is 0 Å². The first-order valence-corrected chi connectivity index (χ1v) is 7.14. The van der Waals surface area contributed by atoms with Crippen LogP contribution in [0.2, 0.25) is 5.02 Å². The van der Waals surface area contributed by atoms with Crippen LogP contribution in [0.4, 0.5) is 18.9 Å². The molecular weight excluding hydrogens is 289 g/mol. The summed E-state index contributed by atoms with van der Waals surface area (Å²) >= 11 is 5.95. The molecule has 0 unspecified atom stereocenters. The predicted octanol–water partition coefficient (Wildman–Crippen LogP) is 3.89. The van der Waals surface area contributed by atoms with Gasteiger partial charge in [0.05, 0.1) is 16.3 Å². The molecule has 2 nitrogen and oxygen atoms in total. The van der Waals surface area contributed by atoms with Crippen LogP contribution in [-0.4, -0.2) is 37.6 Å². The number of hydrogen-bond donors (Lipinski definition) is 0. The molecule has 1 heterocycles. The highest BCUT2D eigenvalue weighted by molar-refractivity contribution is 6.34. The van der Waals surface area contributed by atoms with Crippen LogP contribution in [0.15, 0.2) is 18.2 Å². The van der Waals surface area contributed by atoms with E-state index in [1.54, 1.807) is 6.07 Å². The fourth-order valence-corrected chi connectivity index (χ4v) is 2.86. The van der Waals surface area contributed by atoms with Crippen molar-refractivity contribution < 1.29 is 13.2 Å². The molecule has 1 aromatic carbocycles. The Morgan fingerprint density at radius 2 is 1.80 bits per heavy atom. The summed E-state index contributed by atoms with van der Waals surface area (Å²) in [4.78, 5) is 4.25. The van der Waals surface area contributed by atoms with Gasteiger partial charge in [-0.3, -0.25) is 4.90 Å². The van der Waals surface area contributed by atoms with Gasteiger partial charge in [-0.2, -0.15) is 13.2 Å². The average Bonchev–Trinajstić information content (AvgIpc) is 2.39. The van der Waals surface area contributed by atoms with Gasteiger partial charge in [-0.1, -0.05) is 24.6 Å². The van der Waals surface area contributed by atoms with Crippen molar-refractivity contribution >= 4 is 17.3 Å². The third kappa shape index (κ3) is 3.38. The fraction of sp³-hybridized carbons (Fsp3) is 0.571. The molecule has 0 spiro atoms. The van der Waals surface area contributed by atoms with Crippen LogP contribution in [0.25, 0.3) is 0 Å². The molecule has 1 saturated heterocycles. The molecular formula is C14H18ClF3N2. The SMILES string of the molecule is CCCN1CCN(c2cccc(C(F)(F)F)c2Cl)CC1. The summed E-state index contributed by atoms with van der Waals surface area (Å²) in [6.07, 6.45) is -3.32. The zero-order chi connectivity index (χ0) is 14.8. The predicted molar refractivity (Wildman–Crippen MR) is 75.4 cm³/mol. The highest BCUT2D eigenvalue weighted by atomic mass is 35.5. The molecule has 0 N–H and O–H groups in total. The molecule has 0 aliphatic carbocycles. The first kappa shape index (κ1) is 15.4. The molecule has 1 aliphatic rings. The number of hydrogen-bond acceptors (Lipinski definition) is 2. The lowest BCUT2D eigenvalue weighted by Crippen LogP contribution is -2.46. The van der Waals surface area contributed by atoms with E-state index < -0.39 is 11.7 Å². The van der Waals surface area contributed by atoms with Gasteiger partial charge in [0.2, 0.25) is 0 Å². The average molecular weight is 307 g/mol. The minimum Gasteiger partial charge on any atom is -0.368 e. The van der Waals surface area contributed by atoms with E-state index in [9.17, 15) is 13.2 Å². The van der Waals surface area contributed by atoms with Crippen molar-refractivity contribution in [3.8, 4) is 0 Å². The Bertz CT molecular complexity index is 454. The van der Waals surface area contributed by atoms with E-state index >= 15 is 0 Å². The third-order valence-corrected chi connectivity index (χ3v) is 3.93. The summed E-state index contributed by atoms with van der Waals surface area (Å²) in [5.41, 5.74) is -0.273. The van der Waals surface area contributed by atoms with Gasteiger partial charge < -0.3 is 4.90 Å². The maximum absolute atomic E-state index is 12.8. The van der Waals surface area contributed by atoms with Crippen molar-refractivity contribution in [1.29, 1.82) is 0 Å². The summed E-state index contributed by atoms with van der Waals surface area (Å²) in [5, 5.41) is -0.191. The molecule has 0 aromatic heterocycles.